The second-order valence-electron chi connectivity index (χ2n) is 8.95. The molecular weight excluding hydrogens is 470 g/mol. The number of rotatable bonds is 8. The summed E-state index contributed by atoms with van der Waals surface area (Å²) in [5, 5.41) is 11.3. The third kappa shape index (κ3) is 5.40. The van der Waals surface area contributed by atoms with E-state index in [4.69, 9.17) is 9.47 Å². The highest BCUT2D eigenvalue weighted by Gasteiger charge is 2.46. The maximum absolute atomic E-state index is 13.3. The summed E-state index contributed by atoms with van der Waals surface area (Å²) in [7, 11) is 0. The van der Waals surface area contributed by atoms with Gasteiger partial charge in [0.1, 0.15) is 11.5 Å². The minimum absolute atomic E-state index is 0.0123. The van der Waals surface area contributed by atoms with Gasteiger partial charge < -0.3 is 14.6 Å². The van der Waals surface area contributed by atoms with Crippen LogP contribution in [0.15, 0.2) is 84.4 Å². The van der Waals surface area contributed by atoms with Crippen LogP contribution >= 0.6 is 0 Å². The highest BCUT2D eigenvalue weighted by atomic mass is 16.5. The van der Waals surface area contributed by atoms with Crippen molar-refractivity contribution in [1.82, 2.24) is 0 Å². The maximum Gasteiger partial charge on any atom is 0.338 e. The summed E-state index contributed by atoms with van der Waals surface area (Å²) in [6.45, 7) is 6.10. The van der Waals surface area contributed by atoms with Gasteiger partial charge in [0.05, 0.1) is 29.9 Å². The third-order valence-electron chi connectivity index (χ3n) is 5.88. The number of ether oxygens (including phenoxy) is 2. The van der Waals surface area contributed by atoms with Gasteiger partial charge in [-0.1, -0.05) is 37.3 Å². The average molecular weight is 500 g/mol. The summed E-state index contributed by atoms with van der Waals surface area (Å²) in [4.78, 5) is 40.2. The molecule has 3 aromatic rings. The van der Waals surface area contributed by atoms with E-state index in [-0.39, 0.29) is 17.4 Å². The molecule has 1 unspecified atom stereocenters. The Hall–Kier alpha value is -4.39. The van der Waals surface area contributed by atoms with E-state index in [0.29, 0.717) is 34.7 Å². The van der Waals surface area contributed by atoms with Crippen LogP contribution in [0, 0.1) is 0 Å². The van der Waals surface area contributed by atoms with Gasteiger partial charge in [0.15, 0.2) is 0 Å². The number of benzene rings is 3. The zero-order valence-electron chi connectivity index (χ0n) is 21.0. The Balaban J connectivity index is 1.76. The second kappa shape index (κ2) is 11.1. The largest absolute Gasteiger partial charge is 0.507 e. The van der Waals surface area contributed by atoms with Gasteiger partial charge in [0, 0.05) is 11.3 Å². The van der Waals surface area contributed by atoms with E-state index in [2.05, 4.69) is 0 Å². The molecule has 37 heavy (non-hydrogen) atoms. The molecule has 1 saturated heterocycles. The fourth-order valence-electron chi connectivity index (χ4n) is 4.17. The van der Waals surface area contributed by atoms with Crippen LogP contribution in [0.2, 0.25) is 0 Å². The van der Waals surface area contributed by atoms with Gasteiger partial charge in [-0.2, -0.15) is 0 Å². The fraction of sp³-hybridized carbons (Fsp3) is 0.233. The van der Waals surface area contributed by atoms with Gasteiger partial charge in [-0.05, 0) is 74.4 Å². The molecule has 1 amide bonds. The Bertz CT molecular complexity index is 1310. The fourth-order valence-corrected chi connectivity index (χ4v) is 4.17. The Morgan fingerprint density at radius 2 is 1.54 bits per heavy atom. The molecule has 0 saturated carbocycles. The van der Waals surface area contributed by atoms with Crippen molar-refractivity contribution in [2.24, 2.45) is 0 Å². The van der Waals surface area contributed by atoms with Crippen molar-refractivity contribution in [1.29, 1.82) is 0 Å². The molecule has 1 fully saturated rings. The van der Waals surface area contributed by atoms with Crippen LogP contribution in [0.3, 0.4) is 0 Å². The number of hydrogen-bond acceptors (Lipinski definition) is 6. The molecule has 1 heterocycles. The predicted molar refractivity (Wildman–Crippen MR) is 140 cm³/mol. The van der Waals surface area contributed by atoms with E-state index < -0.39 is 23.7 Å². The molecule has 0 radical (unpaired) electrons. The number of anilines is 1. The molecule has 4 rings (SSSR count). The van der Waals surface area contributed by atoms with Crippen molar-refractivity contribution in [3.05, 3.63) is 101 Å². The molecule has 3 aromatic carbocycles. The minimum atomic E-state index is -0.856. The van der Waals surface area contributed by atoms with Gasteiger partial charge in [-0.25, -0.2) is 4.79 Å². The average Bonchev–Trinajstić information content (AvgIpc) is 3.17. The van der Waals surface area contributed by atoms with Crippen molar-refractivity contribution in [2.75, 3.05) is 11.5 Å². The first kappa shape index (κ1) is 25.7. The maximum atomic E-state index is 13.3. The van der Waals surface area contributed by atoms with Gasteiger partial charge in [-0.15, -0.1) is 0 Å². The Morgan fingerprint density at radius 3 is 2.14 bits per heavy atom. The number of Topliss-reactive ketones (excluding diaryl/α,β-unsaturated/α-hetero) is 1. The van der Waals surface area contributed by atoms with Crippen LogP contribution in [0.5, 0.6) is 5.75 Å². The number of ketones is 1. The first-order valence-corrected chi connectivity index (χ1v) is 12.2. The molecule has 7 nitrogen and oxygen atoms in total. The van der Waals surface area contributed by atoms with Crippen LogP contribution in [-0.4, -0.2) is 35.5 Å². The normalized spacial score (nSPS) is 16.8. The Labute approximate surface area is 215 Å². The van der Waals surface area contributed by atoms with E-state index in [1.807, 2.05) is 13.0 Å². The summed E-state index contributed by atoms with van der Waals surface area (Å²) in [6, 6.07) is 21.2. The molecule has 1 aliphatic rings. The van der Waals surface area contributed by atoms with Gasteiger partial charge >= 0.3 is 5.97 Å². The van der Waals surface area contributed by atoms with E-state index in [0.717, 1.165) is 6.42 Å². The number of carbonyl (C=O) groups excluding carboxylic acids is 3. The van der Waals surface area contributed by atoms with E-state index in [1.54, 1.807) is 86.6 Å². The molecule has 1 N–H and O–H groups in total. The number of carbonyl (C=O) groups is 3. The molecule has 1 atom stereocenters. The van der Waals surface area contributed by atoms with Crippen molar-refractivity contribution in [3.63, 3.8) is 0 Å². The number of aliphatic hydroxyl groups excluding tert-OH is 1. The lowest BCUT2D eigenvalue weighted by atomic mass is 9.95. The molecule has 190 valence electrons. The van der Waals surface area contributed by atoms with Crippen molar-refractivity contribution in [3.8, 4) is 5.75 Å². The number of aliphatic hydroxyl groups is 1. The topological polar surface area (TPSA) is 93.1 Å². The van der Waals surface area contributed by atoms with E-state index in [1.165, 1.54) is 4.90 Å². The lowest BCUT2D eigenvalue weighted by Gasteiger charge is -2.25. The SMILES string of the molecule is CCCOc1ccc(/C(O)=C2\C(=O)C(=O)N(c3ccc(C(=O)OC(C)C)cc3)C2c2ccccc2)cc1. The number of hydrogen-bond donors (Lipinski definition) is 1. The lowest BCUT2D eigenvalue weighted by molar-refractivity contribution is -0.132. The standard InChI is InChI=1S/C30H29NO6/c1-4-18-36-24-16-12-21(13-17-24)27(32)25-26(20-8-6-5-7-9-20)31(29(34)28(25)33)23-14-10-22(11-15-23)30(35)37-19(2)3/h5-17,19,26,32H,4,18H2,1-3H3/b27-25+. The van der Waals surface area contributed by atoms with Crippen LogP contribution < -0.4 is 9.64 Å². The Kier molecular flexibility index (Phi) is 7.72. The van der Waals surface area contributed by atoms with Crippen molar-refractivity contribution >= 4 is 29.1 Å². The summed E-state index contributed by atoms with van der Waals surface area (Å²) < 4.78 is 10.8. The Morgan fingerprint density at radius 1 is 0.919 bits per heavy atom. The minimum Gasteiger partial charge on any atom is -0.507 e. The van der Waals surface area contributed by atoms with Crippen LogP contribution in [0.4, 0.5) is 5.69 Å². The first-order valence-electron chi connectivity index (χ1n) is 12.2. The quantitative estimate of drug-likeness (QED) is 0.186. The number of amides is 1. The van der Waals surface area contributed by atoms with E-state index in [9.17, 15) is 19.5 Å². The number of nitrogens with zero attached hydrogens (tertiary/aromatic N) is 1. The van der Waals surface area contributed by atoms with Gasteiger partial charge in [-0.3, -0.25) is 14.5 Å². The summed E-state index contributed by atoms with van der Waals surface area (Å²) in [5.41, 5.74) is 1.79. The second-order valence-corrected chi connectivity index (χ2v) is 8.95. The van der Waals surface area contributed by atoms with Crippen LogP contribution in [0.25, 0.3) is 5.76 Å². The zero-order valence-corrected chi connectivity index (χ0v) is 21.0. The smallest absolute Gasteiger partial charge is 0.338 e. The van der Waals surface area contributed by atoms with Crippen LogP contribution in [0.1, 0.15) is 54.7 Å². The van der Waals surface area contributed by atoms with Gasteiger partial charge in [0.2, 0.25) is 0 Å². The zero-order chi connectivity index (χ0) is 26.5. The summed E-state index contributed by atoms with van der Waals surface area (Å²) in [6.07, 6.45) is 0.595. The third-order valence-corrected chi connectivity index (χ3v) is 5.88. The highest BCUT2D eigenvalue weighted by molar-refractivity contribution is 6.51. The summed E-state index contributed by atoms with van der Waals surface area (Å²) >= 11 is 0. The molecule has 0 spiro atoms. The van der Waals surface area contributed by atoms with Gasteiger partial charge in [0.25, 0.3) is 11.7 Å². The molecule has 0 aliphatic carbocycles. The summed E-state index contributed by atoms with van der Waals surface area (Å²) in [5.74, 6) is -1.66. The molecule has 1 aliphatic heterocycles. The molecule has 0 bridgehead atoms. The molecule has 7 heteroatoms. The van der Waals surface area contributed by atoms with Crippen LogP contribution in [-0.2, 0) is 14.3 Å². The highest BCUT2D eigenvalue weighted by Crippen LogP contribution is 2.42. The predicted octanol–water partition coefficient (Wildman–Crippen LogP) is 5.67. The lowest BCUT2D eigenvalue weighted by Crippen LogP contribution is -2.29. The first-order chi connectivity index (χ1) is 17.8. The molecular formula is C30H29NO6. The van der Waals surface area contributed by atoms with Crippen molar-refractivity contribution in [2.45, 2.75) is 39.3 Å². The monoisotopic (exact) mass is 499 g/mol. The number of esters is 1. The molecule has 0 aromatic heterocycles. The van der Waals surface area contributed by atoms with E-state index >= 15 is 0 Å². The van der Waals surface area contributed by atoms with Crippen molar-refractivity contribution < 1.29 is 29.0 Å².